The number of hydrogen-bond acceptors (Lipinski definition) is 2. The van der Waals surface area contributed by atoms with Crippen LogP contribution in [0.2, 0.25) is 0 Å². The zero-order valence-corrected chi connectivity index (χ0v) is 13.7. The molecule has 0 saturated heterocycles. The van der Waals surface area contributed by atoms with Gasteiger partial charge in [0.2, 0.25) is 0 Å². The van der Waals surface area contributed by atoms with Gasteiger partial charge in [-0.2, -0.15) is 5.10 Å². The Kier molecular flexibility index (Phi) is 5.41. The van der Waals surface area contributed by atoms with Gasteiger partial charge in [-0.25, -0.2) is 13.9 Å². The van der Waals surface area contributed by atoms with Gasteiger partial charge < -0.3 is 10.6 Å². The number of hydrogen-bond donors (Lipinski definition) is 2. The average Bonchev–Trinajstić information content (AvgIpc) is 3.17. The minimum atomic E-state index is -0.271. The monoisotopic (exact) mass is 338 g/mol. The number of nitrogens with one attached hydrogen (secondary N) is 2. The highest BCUT2D eigenvalue weighted by Gasteiger charge is 2.03. The molecule has 1 heterocycles. The highest BCUT2D eigenvalue weighted by atomic mass is 19.1. The topological polar surface area (TPSA) is 59.0 Å². The Hall–Kier alpha value is -3.15. The zero-order valence-electron chi connectivity index (χ0n) is 13.7. The lowest BCUT2D eigenvalue weighted by Gasteiger charge is -2.09. The number of halogens is 1. The molecule has 0 spiro atoms. The van der Waals surface area contributed by atoms with Crippen molar-refractivity contribution >= 4 is 6.03 Å². The largest absolute Gasteiger partial charge is 0.338 e. The third kappa shape index (κ3) is 4.67. The maximum Gasteiger partial charge on any atom is 0.315 e. The van der Waals surface area contributed by atoms with Crippen molar-refractivity contribution in [1.82, 2.24) is 20.4 Å². The molecule has 0 aliphatic carbocycles. The standard InChI is InChI=1S/C19H19FN4O/c20-18-5-2-1-4-16(18)10-12-21-19(25)22-14-15-6-8-17(9-7-15)24-13-3-11-23-24/h1-9,11,13H,10,12,14H2,(H2,21,22,25). The summed E-state index contributed by atoms with van der Waals surface area (Å²) in [4.78, 5) is 11.8. The van der Waals surface area contributed by atoms with Gasteiger partial charge in [-0.05, 0) is 41.8 Å². The summed E-state index contributed by atoms with van der Waals surface area (Å²) in [5.41, 5.74) is 2.54. The lowest BCUT2D eigenvalue weighted by atomic mass is 10.1. The molecule has 128 valence electrons. The van der Waals surface area contributed by atoms with Crippen molar-refractivity contribution in [3.63, 3.8) is 0 Å². The molecular formula is C19H19FN4O. The number of benzene rings is 2. The first-order chi connectivity index (χ1) is 12.2. The number of carbonyl (C=O) groups excluding carboxylic acids is 1. The van der Waals surface area contributed by atoms with E-state index in [0.29, 0.717) is 25.1 Å². The maximum absolute atomic E-state index is 13.5. The molecule has 25 heavy (non-hydrogen) atoms. The lowest BCUT2D eigenvalue weighted by molar-refractivity contribution is 0.240. The van der Waals surface area contributed by atoms with Crippen LogP contribution in [-0.2, 0) is 13.0 Å². The predicted molar refractivity (Wildman–Crippen MR) is 93.9 cm³/mol. The van der Waals surface area contributed by atoms with Crippen molar-refractivity contribution in [2.24, 2.45) is 0 Å². The smallest absolute Gasteiger partial charge is 0.315 e. The van der Waals surface area contributed by atoms with Crippen LogP contribution in [0.15, 0.2) is 67.0 Å². The van der Waals surface area contributed by atoms with E-state index in [0.717, 1.165) is 11.3 Å². The number of rotatable bonds is 6. The second kappa shape index (κ2) is 8.10. The molecule has 0 saturated carbocycles. The molecular weight excluding hydrogens is 319 g/mol. The number of urea groups is 1. The van der Waals surface area contributed by atoms with Gasteiger partial charge in [-0.3, -0.25) is 0 Å². The SMILES string of the molecule is O=C(NCCc1ccccc1F)NCc1ccc(-n2cccn2)cc1. The Morgan fingerprint density at radius 2 is 1.84 bits per heavy atom. The Bertz CT molecular complexity index is 816. The Morgan fingerprint density at radius 1 is 1.04 bits per heavy atom. The van der Waals surface area contributed by atoms with Gasteiger partial charge in [-0.15, -0.1) is 0 Å². The van der Waals surface area contributed by atoms with Crippen LogP contribution in [0.1, 0.15) is 11.1 Å². The van der Waals surface area contributed by atoms with E-state index in [2.05, 4.69) is 15.7 Å². The van der Waals surface area contributed by atoms with E-state index >= 15 is 0 Å². The van der Waals surface area contributed by atoms with Crippen molar-refractivity contribution < 1.29 is 9.18 Å². The summed E-state index contributed by atoms with van der Waals surface area (Å²) in [6, 6.07) is 15.9. The highest BCUT2D eigenvalue weighted by molar-refractivity contribution is 5.73. The summed E-state index contributed by atoms with van der Waals surface area (Å²) in [5, 5.41) is 9.68. The van der Waals surface area contributed by atoms with Gasteiger partial charge in [0.1, 0.15) is 5.82 Å². The van der Waals surface area contributed by atoms with Gasteiger partial charge in [-0.1, -0.05) is 30.3 Å². The number of aromatic nitrogens is 2. The molecule has 0 aliphatic heterocycles. The van der Waals surface area contributed by atoms with Gasteiger partial charge in [0, 0.05) is 25.5 Å². The normalized spacial score (nSPS) is 10.4. The molecule has 1 aromatic heterocycles. The first-order valence-electron chi connectivity index (χ1n) is 8.06. The van der Waals surface area contributed by atoms with Gasteiger partial charge in [0.05, 0.1) is 5.69 Å². The van der Waals surface area contributed by atoms with Crippen LogP contribution in [0, 0.1) is 5.82 Å². The number of carbonyl (C=O) groups is 1. The third-order valence-electron chi connectivity index (χ3n) is 3.80. The second-order valence-corrected chi connectivity index (χ2v) is 5.57. The fraction of sp³-hybridized carbons (Fsp3) is 0.158. The maximum atomic E-state index is 13.5. The van der Waals surface area contributed by atoms with Crippen LogP contribution in [-0.4, -0.2) is 22.4 Å². The van der Waals surface area contributed by atoms with Gasteiger partial charge >= 0.3 is 6.03 Å². The molecule has 3 aromatic rings. The molecule has 0 atom stereocenters. The molecule has 3 rings (SSSR count). The summed E-state index contributed by atoms with van der Waals surface area (Å²) in [6.45, 7) is 0.802. The van der Waals surface area contributed by atoms with E-state index in [-0.39, 0.29) is 11.8 Å². The summed E-state index contributed by atoms with van der Waals surface area (Å²) in [7, 11) is 0. The quantitative estimate of drug-likeness (QED) is 0.726. The van der Waals surface area contributed by atoms with E-state index < -0.39 is 0 Å². The molecule has 2 aromatic carbocycles. The third-order valence-corrected chi connectivity index (χ3v) is 3.80. The van der Waals surface area contributed by atoms with Crippen molar-refractivity contribution in [3.05, 3.63) is 83.9 Å². The van der Waals surface area contributed by atoms with Crippen LogP contribution >= 0.6 is 0 Å². The van der Waals surface area contributed by atoms with Crippen molar-refractivity contribution in [2.45, 2.75) is 13.0 Å². The van der Waals surface area contributed by atoms with Crippen molar-refractivity contribution in [2.75, 3.05) is 6.54 Å². The molecule has 0 fully saturated rings. The van der Waals surface area contributed by atoms with E-state index in [4.69, 9.17) is 0 Å². The molecule has 0 radical (unpaired) electrons. The first-order valence-corrected chi connectivity index (χ1v) is 8.06. The van der Waals surface area contributed by atoms with E-state index in [1.807, 2.05) is 36.5 Å². The predicted octanol–water partition coefficient (Wildman–Crippen LogP) is 3.05. The summed E-state index contributed by atoms with van der Waals surface area (Å²) >= 11 is 0. The van der Waals surface area contributed by atoms with Crippen LogP contribution in [0.4, 0.5) is 9.18 Å². The van der Waals surface area contributed by atoms with Gasteiger partial charge in [0.25, 0.3) is 0 Å². The van der Waals surface area contributed by atoms with Crippen LogP contribution in [0.25, 0.3) is 5.69 Å². The van der Waals surface area contributed by atoms with Crippen LogP contribution in [0.3, 0.4) is 0 Å². The first kappa shape index (κ1) is 16.7. The molecule has 0 aliphatic rings. The van der Waals surface area contributed by atoms with Crippen LogP contribution < -0.4 is 10.6 Å². The Morgan fingerprint density at radius 3 is 2.56 bits per heavy atom. The average molecular weight is 338 g/mol. The summed E-state index contributed by atoms with van der Waals surface area (Å²) < 4.78 is 15.3. The van der Waals surface area contributed by atoms with E-state index in [1.165, 1.54) is 6.07 Å². The lowest BCUT2D eigenvalue weighted by Crippen LogP contribution is -2.36. The summed E-state index contributed by atoms with van der Waals surface area (Å²) in [6.07, 6.45) is 4.05. The van der Waals surface area contributed by atoms with Gasteiger partial charge in [0.15, 0.2) is 0 Å². The van der Waals surface area contributed by atoms with E-state index in [9.17, 15) is 9.18 Å². The van der Waals surface area contributed by atoms with Crippen molar-refractivity contribution in [3.8, 4) is 5.69 Å². The second-order valence-electron chi connectivity index (χ2n) is 5.57. The Balaban J connectivity index is 1.42. The molecule has 2 amide bonds. The summed E-state index contributed by atoms with van der Waals surface area (Å²) in [5.74, 6) is -0.248. The molecule has 2 N–H and O–H groups in total. The van der Waals surface area contributed by atoms with Crippen molar-refractivity contribution in [1.29, 1.82) is 0 Å². The Labute approximate surface area is 145 Å². The minimum Gasteiger partial charge on any atom is -0.338 e. The number of amides is 2. The molecule has 0 bridgehead atoms. The zero-order chi connectivity index (χ0) is 17.5. The fourth-order valence-electron chi connectivity index (χ4n) is 2.44. The van der Waals surface area contributed by atoms with E-state index in [1.54, 1.807) is 29.1 Å². The number of nitrogens with zero attached hydrogens (tertiary/aromatic N) is 2. The minimum absolute atomic E-state index is 0.248. The highest BCUT2D eigenvalue weighted by Crippen LogP contribution is 2.08. The molecule has 5 nitrogen and oxygen atoms in total. The molecule has 0 unspecified atom stereocenters. The molecule has 6 heteroatoms. The van der Waals surface area contributed by atoms with Crippen LogP contribution in [0.5, 0.6) is 0 Å². The fourth-order valence-corrected chi connectivity index (χ4v) is 2.44.